The van der Waals surface area contributed by atoms with Gasteiger partial charge in [-0.05, 0) is 32.0 Å². The minimum Gasteiger partial charge on any atom is -0.490 e. The van der Waals surface area contributed by atoms with Crippen LogP contribution < -0.4 is 10.5 Å². The molecule has 0 radical (unpaired) electrons. The van der Waals surface area contributed by atoms with Crippen molar-refractivity contribution in [1.29, 1.82) is 0 Å². The molecule has 0 spiro atoms. The molecule has 1 rings (SSSR count). The van der Waals surface area contributed by atoms with Crippen molar-refractivity contribution >= 4 is 11.6 Å². The van der Waals surface area contributed by atoms with Crippen LogP contribution in [-0.2, 0) is 4.74 Å². The molecular weight excluding hydrogens is 254 g/mol. The van der Waals surface area contributed by atoms with E-state index < -0.39 is 6.10 Å². The fourth-order valence-electron chi connectivity index (χ4n) is 1.49. The summed E-state index contributed by atoms with van der Waals surface area (Å²) < 4.78 is 10.6. The summed E-state index contributed by atoms with van der Waals surface area (Å²) in [7, 11) is 0. The first-order valence-electron chi connectivity index (χ1n) is 5.98. The minimum absolute atomic E-state index is 0.168. The minimum atomic E-state index is -0.651. The van der Waals surface area contributed by atoms with Gasteiger partial charge in [0.05, 0.1) is 6.61 Å². The van der Waals surface area contributed by atoms with E-state index in [-0.39, 0.29) is 19.3 Å². The van der Waals surface area contributed by atoms with Crippen molar-refractivity contribution < 1.29 is 14.6 Å². The number of halogens is 1. The maximum atomic E-state index is 9.62. The number of nitrogens with two attached hydrogens (primary N) is 1. The van der Waals surface area contributed by atoms with Crippen LogP contribution in [-0.4, -0.2) is 31.0 Å². The lowest BCUT2D eigenvalue weighted by Crippen LogP contribution is -2.24. The van der Waals surface area contributed by atoms with Crippen LogP contribution in [0.3, 0.4) is 0 Å². The van der Waals surface area contributed by atoms with Crippen molar-refractivity contribution in [2.75, 3.05) is 19.8 Å². The van der Waals surface area contributed by atoms with E-state index in [4.69, 9.17) is 26.8 Å². The van der Waals surface area contributed by atoms with Crippen LogP contribution in [0.4, 0.5) is 0 Å². The Labute approximate surface area is 113 Å². The van der Waals surface area contributed by atoms with E-state index in [1.165, 1.54) is 0 Å². The van der Waals surface area contributed by atoms with Crippen molar-refractivity contribution in [3.8, 4) is 5.75 Å². The lowest BCUT2D eigenvalue weighted by Gasteiger charge is -2.16. The zero-order valence-corrected chi connectivity index (χ0v) is 11.5. The number of rotatable bonds is 7. The number of hydrogen-bond donors (Lipinski definition) is 2. The molecule has 18 heavy (non-hydrogen) atoms. The highest BCUT2D eigenvalue weighted by Crippen LogP contribution is 2.27. The number of aliphatic hydroxyl groups excluding tert-OH is 1. The molecule has 0 amide bonds. The molecule has 0 aliphatic heterocycles. The van der Waals surface area contributed by atoms with E-state index in [1.807, 2.05) is 13.8 Å². The summed E-state index contributed by atoms with van der Waals surface area (Å²) in [6, 6.07) is 5.09. The van der Waals surface area contributed by atoms with E-state index in [1.54, 1.807) is 18.2 Å². The van der Waals surface area contributed by atoms with Crippen LogP contribution in [0.5, 0.6) is 5.75 Å². The zero-order valence-electron chi connectivity index (χ0n) is 10.7. The first-order valence-corrected chi connectivity index (χ1v) is 6.36. The summed E-state index contributed by atoms with van der Waals surface area (Å²) >= 11 is 5.91. The summed E-state index contributed by atoms with van der Waals surface area (Å²) in [6.45, 7) is 4.73. The van der Waals surface area contributed by atoms with Crippen molar-refractivity contribution in [3.63, 3.8) is 0 Å². The quantitative estimate of drug-likeness (QED) is 0.799. The van der Waals surface area contributed by atoms with Gasteiger partial charge in [-0.25, -0.2) is 0 Å². The average Bonchev–Trinajstić information content (AvgIpc) is 2.34. The lowest BCUT2D eigenvalue weighted by atomic mass is 10.1. The van der Waals surface area contributed by atoms with E-state index in [0.717, 1.165) is 5.56 Å². The van der Waals surface area contributed by atoms with E-state index in [9.17, 15) is 5.11 Å². The van der Waals surface area contributed by atoms with Gasteiger partial charge in [0.1, 0.15) is 18.5 Å². The van der Waals surface area contributed by atoms with Crippen LogP contribution >= 0.6 is 11.6 Å². The Kier molecular flexibility index (Phi) is 6.43. The van der Waals surface area contributed by atoms with Gasteiger partial charge in [-0.15, -0.1) is 0 Å². The van der Waals surface area contributed by atoms with Gasteiger partial charge in [0, 0.05) is 23.2 Å². The van der Waals surface area contributed by atoms with E-state index >= 15 is 0 Å². The Hall–Kier alpha value is -0.810. The highest BCUT2D eigenvalue weighted by Gasteiger charge is 2.11. The smallest absolute Gasteiger partial charge is 0.124 e. The molecule has 0 aromatic heterocycles. The van der Waals surface area contributed by atoms with Crippen molar-refractivity contribution in [2.24, 2.45) is 5.73 Å². The molecule has 0 bridgehead atoms. The molecule has 5 heteroatoms. The van der Waals surface area contributed by atoms with Gasteiger partial charge in [0.25, 0.3) is 0 Å². The zero-order chi connectivity index (χ0) is 13.5. The molecule has 102 valence electrons. The Morgan fingerprint density at radius 2 is 2.11 bits per heavy atom. The molecule has 0 saturated heterocycles. The van der Waals surface area contributed by atoms with Gasteiger partial charge < -0.3 is 20.3 Å². The van der Waals surface area contributed by atoms with Crippen molar-refractivity contribution in [3.05, 3.63) is 28.8 Å². The molecule has 0 heterocycles. The van der Waals surface area contributed by atoms with Crippen LogP contribution in [0.1, 0.15) is 25.5 Å². The first-order chi connectivity index (χ1) is 8.54. The van der Waals surface area contributed by atoms with Crippen LogP contribution in [0, 0.1) is 0 Å². The standard InChI is InChI=1S/C13H20ClNO3/c1-3-17-7-11(16)8-18-13-5-4-10(14)6-12(13)9(2)15/h4-6,9,11,16H,3,7-8,15H2,1-2H3/t9-,11?/m1/s1. The maximum Gasteiger partial charge on any atom is 0.124 e. The van der Waals surface area contributed by atoms with Crippen molar-refractivity contribution in [1.82, 2.24) is 0 Å². The second kappa shape index (κ2) is 7.59. The Morgan fingerprint density at radius 3 is 2.72 bits per heavy atom. The SMILES string of the molecule is CCOCC(O)COc1ccc(Cl)cc1[C@@H](C)N. The molecule has 4 nitrogen and oxygen atoms in total. The second-order valence-electron chi connectivity index (χ2n) is 4.10. The number of benzene rings is 1. The third-order valence-electron chi connectivity index (χ3n) is 2.41. The molecule has 0 aliphatic rings. The molecule has 0 aliphatic carbocycles. The summed E-state index contributed by atoms with van der Waals surface area (Å²) in [6.07, 6.45) is -0.651. The highest BCUT2D eigenvalue weighted by molar-refractivity contribution is 6.30. The summed E-state index contributed by atoms with van der Waals surface area (Å²) in [4.78, 5) is 0. The Morgan fingerprint density at radius 1 is 1.39 bits per heavy atom. The predicted octanol–water partition coefficient (Wildman–Crippen LogP) is 2.14. The molecule has 3 N–H and O–H groups in total. The molecule has 1 unspecified atom stereocenters. The van der Waals surface area contributed by atoms with Crippen molar-refractivity contribution in [2.45, 2.75) is 26.0 Å². The Balaban J connectivity index is 2.61. The molecular formula is C13H20ClNO3. The van der Waals surface area contributed by atoms with Crippen LogP contribution in [0.15, 0.2) is 18.2 Å². The third kappa shape index (κ3) is 4.82. The number of ether oxygens (including phenoxy) is 2. The fourth-order valence-corrected chi connectivity index (χ4v) is 1.68. The van der Waals surface area contributed by atoms with Gasteiger partial charge in [-0.2, -0.15) is 0 Å². The topological polar surface area (TPSA) is 64.7 Å². The summed E-state index contributed by atoms with van der Waals surface area (Å²) in [5.41, 5.74) is 6.67. The lowest BCUT2D eigenvalue weighted by molar-refractivity contribution is 0.0162. The average molecular weight is 274 g/mol. The van der Waals surface area contributed by atoms with Gasteiger partial charge in [0.15, 0.2) is 0 Å². The Bertz CT molecular complexity index is 371. The molecule has 2 atom stereocenters. The fraction of sp³-hybridized carbons (Fsp3) is 0.538. The highest BCUT2D eigenvalue weighted by atomic mass is 35.5. The van der Waals surface area contributed by atoms with Gasteiger partial charge in [0.2, 0.25) is 0 Å². The molecule has 1 aromatic carbocycles. The number of hydrogen-bond acceptors (Lipinski definition) is 4. The van der Waals surface area contributed by atoms with Crippen LogP contribution in [0.25, 0.3) is 0 Å². The van der Waals surface area contributed by atoms with Gasteiger partial charge >= 0.3 is 0 Å². The van der Waals surface area contributed by atoms with E-state index in [0.29, 0.717) is 17.4 Å². The monoisotopic (exact) mass is 273 g/mol. The largest absolute Gasteiger partial charge is 0.490 e. The van der Waals surface area contributed by atoms with Crippen LogP contribution in [0.2, 0.25) is 5.02 Å². The first kappa shape index (κ1) is 15.2. The maximum absolute atomic E-state index is 9.62. The second-order valence-corrected chi connectivity index (χ2v) is 4.53. The third-order valence-corrected chi connectivity index (χ3v) is 2.64. The summed E-state index contributed by atoms with van der Waals surface area (Å²) in [5.74, 6) is 0.643. The molecule has 0 fully saturated rings. The number of aliphatic hydroxyl groups is 1. The van der Waals surface area contributed by atoms with E-state index in [2.05, 4.69) is 0 Å². The summed E-state index contributed by atoms with van der Waals surface area (Å²) in [5, 5.41) is 10.2. The van der Waals surface area contributed by atoms with Gasteiger partial charge in [-0.1, -0.05) is 11.6 Å². The van der Waals surface area contributed by atoms with Gasteiger partial charge in [-0.3, -0.25) is 0 Å². The molecule has 0 saturated carbocycles. The molecule has 1 aromatic rings. The predicted molar refractivity (Wildman–Crippen MR) is 72.0 cm³/mol. The normalized spacial score (nSPS) is 14.3.